The van der Waals surface area contributed by atoms with Crippen molar-refractivity contribution in [3.8, 4) is 5.75 Å². The molecule has 1 aliphatic carbocycles. The first kappa shape index (κ1) is 11.0. The largest absolute Gasteiger partial charge is 0.506 e. The Kier molecular flexibility index (Phi) is 3.44. The summed E-state index contributed by atoms with van der Waals surface area (Å²) >= 11 is 0. The normalized spacial score (nSPS) is 16.2. The van der Waals surface area contributed by atoms with Gasteiger partial charge in [-0.2, -0.15) is 0 Å². The Labute approximate surface area is 95.5 Å². The number of para-hydroxylation sites is 2. The highest BCUT2D eigenvalue weighted by atomic mass is 16.3. The number of aromatic hydroxyl groups is 1. The van der Waals surface area contributed by atoms with E-state index in [0.29, 0.717) is 18.0 Å². The fourth-order valence-electron chi connectivity index (χ4n) is 2.26. The number of nitrogens with one attached hydrogen (secondary N) is 1. The molecule has 3 nitrogen and oxygen atoms in total. The highest BCUT2D eigenvalue weighted by molar-refractivity contribution is 5.92. The number of rotatable bonds is 3. The number of phenols is 1. The summed E-state index contributed by atoms with van der Waals surface area (Å²) in [5.74, 6) is 0.668. The molecule has 1 aliphatic rings. The molecule has 0 radical (unpaired) electrons. The first-order valence-corrected chi connectivity index (χ1v) is 5.83. The fraction of sp³-hybridized carbons (Fsp3) is 0.462. The minimum atomic E-state index is 0.00778. The average molecular weight is 219 g/mol. The Morgan fingerprint density at radius 2 is 2.00 bits per heavy atom. The zero-order valence-corrected chi connectivity index (χ0v) is 9.28. The second-order valence-electron chi connectivity index (χ2n) is 4.42. The molecule has 0 atom stereocenters. The zero-order chi connectivity index (χ0) is 11.4. The molecular weight excluding hydrogens is 202 g/mol. The molecule has 3 heteroatoms. The number of phenolic OH excluding ortho intramolecular Hbond substituents is 1. The van der Waals surface area contributed by atoms with Gasteiger partial charge in [-0.15, -0.1) is 0 Å². The van der Waals surface area contributed by atoms with Gasteiger partial charge in [-0.05, 0) is 30.9 Å². The molecule has 86 valence electrons. The fourth-order valence-corrected chi connectivity index (χ4v) is 2.26. The van der Waals surface area contributed by atoms with Crippen molar-refractivity contribution in [2.75, 3.05) is 5.32 Å². The Morgan fingerprint density at radius 1 is 1.31 bits per heavy atom. The van der Waals surface area contributed by atoms with Crippen LogP contribution in [0.25, 0.3) is 0 Å². The molecule has 0 aliphatic heterocycles. The van der Waals surface area contributed by atoms with E-state index in [9.17, 15) is 9.90 Å². The maximum absolute atomic E-state index is 11.7. The van der Waals surface area contributed by atoms with Crippen LogP contribution in [0.4, 0.5) is 5.69 Å². The van der Waals surface area contributed by atoms with Gasteiger partial charge in [0.15, 0.2) is 0 Å². The highest BCUT2D eigenvalue weighted by Gasteiger charge is 2.18. The zero-order valence-electron chi connectivity index (χ0n) is 9.28. The van der Waals surface area contributed by atoms with Gasteiger partial charge in [-0.1, -0.05) is 25.0 Å². The van der Waals surface area contributed by atoms with Gasteiger partial charge in [0.05, 0.1) is 5.69 Å². The van der Waals surface area contributed by atoms with Crippen molar-refractivity contribution in [3.05, 3.63) is 24.3 Å². The van der Waals surface area contributed by atoms with Gasteiger partial charge >= 0.3 is 0 Å². The van der Waals surface area contributed by atoms with E-state index < -0.39 is 0 Å². The number of carbonyl (C=O) groups is 1. The number of hydrogen-bond donors (Lipinski definition) is 2. The van der Waals surface area contributed by atoms with Crippen LogP contribution >= 0.6 is 0 Å². The van der Waals surface area contributed by atoms with Crippen molar-refractivity contribution in [2.24, 2.45) is 5.92 Å². The van der Waals surface area contributed by atoms with Crippen molar-refractivity contribution in [3.63, 3.8) is 0 Å². The summed E-state index contributed by atoms with van der Waals surface area (Å²) in [7, 11) is 0. The van der Waals surface area contributed by atoms with Crippen LogP contribution in [0.3, 0.4) is 0 Å². The second kappa shape index (κ2) is 5.01. The number of carbonyl (C=O) groups excluding carboxylic acids is 1. The van der Waals surface area contributed by atoms with Crippen LogP contribution in [0.1, 0.15) is 32.1 Å². The van der Waals surface area contributed by atoms with Crippen molar-refractivity contribution < 1.29 is 9.90 Å². The maximum Gasteiger partial charge on any atom is 0.224 e. The lowest BCUT2D eigenvalue weighted by atomic mass is 10.0. The Bertz CT molecular complexity index is 370. The number of benzene rings is 1. The minimum Gasteiger partial charge on any atom is -0.506 e. The van der Waals surface area contributed by atoms with Gasteiger partial charge in [-0.3, -0.25) is 4.79 Å². The lowest BCUT2D eigenvalue weighted by Crippen LogP contribution is -2.15. The van der Waals surface area contributed by atoms with Crippen LogP contribution in [0.2, 0.25) is 0 Å². The standard InChI is InChI=1S/C13H17NO2/c15-12-8-4-3-7-11(12)14-13(16)9-10-5-1-2-6-10/h3-4,7-8,10,15H,1-2,5-6,9H2,(H,14,16). The Balaban J connectivity index is 1.89. The first-order chi connectivity index (χ1) is 7.75. The average Bonchev–Trinajstić information content (AvgIpc) is 2.74. The molecule has 1 aromatic carbocycles. The maximum atomic E-state index is 11.7. The number of anilines is 1. The molecule has 1 fully saturated rings. The third-order valence-electron chi connectivity index (χ3n) is 3.13. The van der Waals surface area contributed by atoms with Crippen LogP contribution < -0.4 is 5.32 Å². The summed E-state index contributed by atoms with van der Waals surface area (Å²) in [4.78, 5) is 11.7. The predicted octanol–water partition coefficient (Wildman–Crippen LogP) is 2.91. The van der Waals surface area contributed by atoms with E-state index in [0.717, 1.165) is 12.8 Å². The van der Waals surface area contributed by atoms with Gasteiger partial charge in [-0.25, -0.2) is 0 Å². The van der Waals surface area contributed by atoms with Crippen molar-refractivity contribution in [1.82, 2.24) is 0 Å². The molecule has 16 heavy (non-hydrogen) atoms. The molecule has 1 aromatic rings. The molecule has 0 heterocycles. The lowest BCUT2D eigenvalue weighted by molar-refractivity contribution is -0.117. The van der Waals surface area contributed by atoms with Gasteiger partial charge < -0.3 is 10.4 Å². The molecule has 0 spiro atoms. The van der Waals surface area contributed by atoms with Crippen molar-refractivity contribution in [1.29, 1.82) is 0 Å². The molecule has 0 bridgehead atoms. The first-order valence-electron chi connectivity index (χ1n) is 5.83. The molecule has 2 N–H and O–H groups in total. The third kappa shape index (κ3) is 2.75. The van der Waals surface area contributed by atoms with Crippen LogP contribution in [-0.2, 0) is 4.79 Å². The minimum absolute atomic E-state index is 0.00778. The van der Waals surface area contributed by atoms with Crippen LogP contribution in [0, 0.1) is 5.92 Å². The molecular formula is C13H17NO2. The van der Waals surface area contributed by atoms with E-state index in [1.165, 1.54) is 12.8 Å². The van der Waals surface area contributed by atoms with Crippen LogP contribution in [0.5, 0.6) is 5.75 Å². The predicted molar refractivity (Wildman–Crippen MR) is 63.3 cm³/mol. The van der Waals surface area contributed by atoms with Gasteiger partial charge in [0.1, 0.15) is 5.75 Å². The number of hydrogen-bond acceptors (Lipinski definition) is 2. The van der Waals surface area contributed by atoms with Crippen LogP contribution in [0.15, 0.2) is 24.3 Å². The monoisotopic (exact) mass is 219 g/mol. The SMILES string of the molecule is O=C(CC1CCCC1)Nc1ccccc1O. The molecule has 0 aromatic heterocycles. The summed E-state index contributed by atoms with van der Waals surface area (Å²) in [6, 6.07) is 6.82. The molecule has 0 saturated heterocycles. The van der Waals surface area contributed by atoms with Crippen molar-refractivity contribution >= 4 is 11.6 Å². The summed E-state index contributed by atoms with van der Waals surface area (Å²) in [6.45, 7) is 0. The molecule has 0 unspecified atom stereocenters. The summed E-state index contributed by atoms with van der Waals surface area (Å²) < 4.78 is 0. The third-order valence-corrected chi connectivity index (χ3v) is 3.13. The highest BCUT2D eigenvalue weighted by Crippen LogP contribution is 2.28. The van der Waals surface area contributed by atoms with E-state index in [1.807, 2.05) is 0 Å². The smallest absolute Gasteiger partial charge is 0.224 e. The summed E-state index contributed by atoms with van der Waals surface area (Å²) in [6.07, 6.45) is 5.39. The van der Waals surface area contributed by atoms with E-state index in [1.54, 1.807) is 24.3 Å². The number of amides is 1. The lowest BCUT2D eigenvalue weighted by Gasteiger charge is -2.10. The molecule has 1 amide bonds. The van der Waals surface area contributed by atoms with E-state index in [-0.39, 0.29) is 11.7 Å². The van der Waals surface area contributed by atoms with Crippen LogP contribution in [-0.4, -0.2) is 11.0 Å². The Hall–Kier alpha value is -1.51. The summed E-state index contributed by atoms with van der Waals surface area (Å²) in [5.41, 5.74) is 0.505. The summed E-state index contributed by atoms with van der Waals surface area (Å²) in [5, 5.41) is 12.3. The van der Waals surface area contributed by atoms with E-state index in [4.69, 9.17) is 0 Å². The second-order valence-corrected chi connectivity index (χ2v) is 4.42. The van der Waals surface area contributed by atoms with E-state index >= 15 is 0 Å². The van der Waals surface area contributed by atoms with Gasteiger partial charge in [0.2, 0.25) is 5.91 Å². The quantitative estimate of drug-likeness (QED) is 0.768. The topological polar surface area (TPSA) is 49.3 Å². The molecule has 2 rings (SSSR count). The Morgan fingerprint density at radius 3 is 2.69 bits per heavy atom. The van der Waals surface area contributed by atoms with Crippen molar-refractivity contribution in [2.45, 2.75) is 32.1 Å². The molecule has 1 saturated carbocycles. The van der Waals surface area contributed by atoms with Gasteiger partial charge in [0.25, 0.3) is 0 Å². The van der Waals surface area contributed by atoms with Gasteiger partial charge in [0, 0.05) is 6.42 Å². The van der Waals surface area contributed by atoms with E-state index in [2.05, 4.69) is 5.32 Å².